The number of benzene rings is 3. The van der Waals surface area contributed by atoms with Crippen LogP contribution in [0.25, 0.3) is 6.08 Å². The first kappa shape index (κ1) is 30.4. The Morgan fingerprint density at radius 3 is 2.38 bits per heavy atom. The van der Waals surface area contributed by atoms with E-state index in [0.717, 1.165) is 11.3 Å². The second kappa shape index (κ2) is 13.9. The molecule has 1 fully saturated rings. The summed E-state index contributed by atoms with van der Waals surface area (Å²) in [5.41, 5.74) is 0.998. The molecule has 12 heteroatoms. The molecular formula is C30H28IN3O8. The molecule has 0 atom stereocenters. The summed E-state index contributed by atoms with van der Waals surface area (Å²) in [7, 11) is 2.88. The third kappa shape index (κ3) is 7.00. The fraction of sp³-hybridized carbons (Fsp3) is 0.200. The monoisotopic (exact) mass is 685 g/mol. The van der Waals surface area contributed by atoms with E-state index in [0.29, 0.717) is 38.7 Å². The minimum Gasteiger partial charge on any atom is -0.493 e. The number of methoxy groups -OCH3 is 2. The van der Waals surface area contributed by atoms with Crippen molar-refractivity contribution in [1.29, 1.82) is 0 Å². The molecule has 3 aromatic rings. The maximum Gasteiger partial charge on any atom is 0.335 e. The van der Waals surface area contributed by atoms with Crippen molar-refractivity contribution in [1.82, 2.24) is 5.32 Å². The van der Waals surface area contributed by atoms with Gasteiger partial charge in [-0.15, -0.1) is 0 Å². The van der Waals surface area contributed by atoms with Crippen molar-refractivity contribution in [3.05, 3.63) is 75.4 Å². The number of imide groups is 2. The molecular weight excluding hydrogens is 657 g/mol. The van der Waals surface area contributed by atoms with Crippen LogP contribution < -0.4 is 34.5 Å². The van der Waals surface area contributed by atoms with E-state index in [4.69, 9.17) is 18.9 Å². The van der Waals surface area contributed by atoms with Crippen LogP contribution >= 0.6 is 22.6 Å². The summed E-state index contributed by atoms with van der Waals surface area (Å²) in [4.78, 5) is 52.1. The number of amides is 5. The van der Waals surface area contributed by atoms with E-state index >= 15 is 0 Å². The van der Waals surface area contributed by atoms with E-state index < -0.39 is 17.8 Å². The van der Waals surface area contributed by atoms with Gasteiger partial charge in [0.05, 0.1) is 30.1 Å². The molecule has 0 spiro atoms. The lowest BCUT2D eigenvalue weighted by atomic mass is 10.1. The molecule has 42 heavy (non-hydrogen) atoms. The largest absolute Gasteiger partial charge is 0.493 e. The lowest BCUT2D eigenvalue weighted by molar-refractivity contribution is -0.122. The lowest BCUT2D eigenvalue weighted by Gasteiger charge is -2.27. The van der Waals surface area contributed by atoms with Gasteiger partial charge in [-0.05, 0) is 77.0 Å². The number of hydrogen-bond acceptors (Lipinski definition) is 8. The Hall–Kier alpha value is -4.59. The summed E-state index contributed by atoms with van der Waals surface area (Å²) in [6.45, 7) is 2.16. The molecule has 2 N–H and O–H groups in total. The van der Waals surface area contributed by atoms with Crippen molar-refractivity contribution in [2.45, 2.75) is 13.3 Å². The number of para-hydroxylation sites is 1. The summed E-state index contributed by atoms with van der Waals surface area (Å²) in [6.07, 6.45) is 2.14. The maximum atomic E-state index is 13.4. The predicted octanol–water partition coefficient (Wildman–Crippen LogP) is 4.78. The molecule has 1 aliphatic heterocycles. The number of anilines is 2. The first-order valence-electron chi connectivity index (χ1n) is 12.8. The smallest absolute Gasteiger partial charge is 0.335 e. The second-order valence-electron chi connectivity index (χ2n) is 8.88. The zero-order valence-corrected chi connectivity index (χ0v) is 25.2. The molecule has 1 heterocycles. The molecule has 0 bridgehead atoms. The van der Waals surface area contributed by atoms with Gasteiger partial charge in [0, 0.05) is 11.8 Å². The second-order valence-corrected chi connectivity index (χ2v) is 10.0. The van der Waals surface area contributed by atoms with Gasteiger partial charge in [-0.2, -0.15) is 0 Å². The fourth-order valence-corrected chi connectivity index (χ4v) is 4.79. The van der Waals surface area contributed by atoms with Gasteiger partial charge in [0.2, 0.25) is 0 Å². The number of nitrogens with zero attached hydrogens (tertiary/aromatic N) is 1. The Morgan fingerprint density at radius 1 is 0.952 bits per heavy atom. The van der Waals surface area contributed by atoms with E-state index in [2.05, 4.69) is 10.6 Å². The van der Waals surface area contributed by atoms with Crippen LogP contribution in [0.4, 0.5) is 16.2 Å². The van der Waals surface area contributed by atoms with E-state index in [1.807, 2.05) is 35.6 Å². The minimum absolute atomic E-state index is 0.196. The predicted molar refractivity (Wildman–Crippen MR) is 164 cm³/mol. The zero-order chi connectivity index (χ0) is 30.2. The summed E-state index contributed by atoms with van der Waals surface area (Å²) < 4.78 is 22.8. The number of halogens is 1. The summed E-state index contributed by atoms with van der Waals surface area (Å²) in [5.74, 6) is -0.635. The molecule has 3 aromatic carbocycles. The van der Waals surface area contributed by atoms with Crippen LogP contribution in [-0.4, -0.2) is 51.2 Å². The van der Waals surface area contributed by atoms with Gasteiger partial charge in [0.1, 0.15) is 5.57 Å². The number of nitrogens with one attached hydrogen (secondary N) is 2. The number of urea groups is 1. The van der Waals surface area contributed by atoms with Crippen molar-refractivity contribution >= 4 is 63.8 Å². The van der Waals surface area contributed by atoms with Crippen molar-refractivity contribution in [2.75, 3.05) is 37.7 Å². The summed E-state index contributed by atoms with van der Waals surface area (Å²) >= 11 is 2.01. The van der Waals surface area contributed by atoms with Gasteiger partial charge in [-0.3, -0.25) is 19.7 Å². The molecule has 5 amide bonds. The van der Waals surface area contributed by atoms with Crippen molar-refractivity contribution in [2.24, 2.45) is 0 Å². The highest BCUT2D eigenvalue weighted by Gasteiger charge is 2.37. The van der Waals surface area contributed by atoms with Gasteiger partial charge in [0.15, 0.2) is 29.6 Å². The Bertz CT molecular complexity index is 1540. The molecule has 218 valence electrons. The van der Waals surface area contributed by atoms with Crippen LogP contribution in [0.2, 0.25) is 0 Å². The molecule has 0 unspecified atom stereocenters. The van der Waals surface area contributed by atoms with Gasteiger partial charge in [-0.1, -0.05) is 25.1 Å². The molecule has 11 nitrogen and oxygen atoms in total. The average molecular weight is 685 g/mol. The first-order valence-corrected chi connectivity index (χ1v) is 13.9. The fourth-order valence-electron chi connectivity index (χ4n) is 4.00. The topological polar surface area (TPSA) is 132 Å². The lowest BCUT2D eigenvalue weighted by Crippen LogP contribution is -2.54. The van der Waals surface area contributed by atoms with Gasteiger partial charge < -0.3 is 24.3 Å². The van der Waals surface area contributed by atoms with Crippen LogP contribution in [0.1, 0.15) is 18.9 Å². The van der Waals surface area contributed by atoms with Gasteiger partial charge >= 0.3 is 6.03 Å². The average Bonchev–Trinajstić information content (AvgIpc) is 2.98. The Labute approximate surface area is 255 Å². The minimum atomic E-state index is -0.892. The molecule has 1 saturated heterocycles. The maximum absolute atomic E-state index is 13.4. The van der Waals surface area contributed by atoms with Crippen LogP contribution in [-0.2, 0) is 14.4 Å². The highest BCUT2D eigenvalue weighted by molar-refractivity contribution is 14.1. The Morgan fingerprint density at radius 2 is 1.69 bits per heavy atom. The Balaban J connectivity index is 1.57. The van der Waals surface area contributed by atoms with Crippen LogP contribution in [0.5, 0.6) is 23.0 Å². The number of carbonyl (C=O) groups excluding carboxylic acids is 4. The van der Waals surface area contributed by atoms with Crippen molar-refractivity contribution < 1.29 is 38.1 Å². The van der Waals surface area contributed by atoms with E-state index in [1.54, 1.807) is 42.5 Å². The third-order valence-electron chi connectivity index (χ3n) is 5.94. The molecule has 4 rings (SSSR count). The summed E-state index contributed by atoms with van der Waals surface area (Å²) in [5, 5.41) is 4.95. The van der Waals surface area contributed by atoms with Gasteiger partial charge in [-0.25, -0.2) is 9.69 Å². The highest BCUT2D eigenvalue weighted by Crippen LogP contribution is 2.36. The van der Waals surface area contributed by atoms with E-state index in [-0.39, 0.29) is 29.5 Å². The molecule has 0 saturated carbocycles. The molecule has 0 radical (unpaired) electrons. The van der Waals surface area contributed by atoms with Crippen LogP contribution in [0.15, 0.2) is 66.2 Å². The number of hydrogen-bond donors (Lipinski definition) is 2. The number of rotatable bonds is 11. The van der Waals surface area contributed by atoms with Gasteiger partial charge in [0.25, 0.3) is 17.7 Å². The number of barbiturate groups is 1. The molecule has 1 aliphatic rings. The SMILES string of the molecule is CCCOc1ccc(N2C(=O)NC(=O)/C(=C/c3cc(I)c(OCC(=O)Nc4ccccc4)c(OC)c3)C2=O)cc1OC. The first-order chi connectivity index (χ1) is 20.2. The van der Waals surface area contributed by atoms with E-state index in [9.17, 15) is 19.2 Å². The van der Waals surface area contributed by atoms with E-state index in [1.165, 1.54) is 32.4 Å². The van der Waals surface area contributed by atoms with Crippen molar-refractivity contribution in [3.63, 3.8) is 0 Å². The molecule has 0 aliphatic carbocycles. The van der Waals surface area contributed by atoms with Crippen LogP contribution in [0, 0.1) is 3.57 Å². The highest BCUT2D eigenvalue weighted by atomic mass is 127. The quantitative estimate of drug-likeness (QED) is 0.168. The standard InChI is InChI=1S/C30H28IN3O8/c1-4-12-41-23-11-10-20(16-24(23)39-2)34-29(37)21(28(36)33-30(34)38)13-18-14-22(31)27(25(15-18)40-3)42-17-26(35)32-19-8-6-5-7-9-19/h5-11,13-16H,4,12,17H2,1-3H3,(H,32,35)(H,33,36,38)/b21-13-. The number of carbonyl (C=O) groups is 4. The van der Waals surface area contributed by atoms with Crippen molar-refractivity contribution in [3.8, 4) is 23.0 Å². The zero-order valence-electron chi connectivity index (χ0n) is 23.1. The normalized spacial score (nSPS) is 14.0. The molecule has 0 aromatic heterocycles. The Kier molecular flexibility index (Phi) is 10.0. The number of ether oxygens (including phenoxy) is 4. The summed E-state index contributed by atoms with van der Waals surface area (Å²) in [6, 6.07) is 15.9. The third-order valence-corrected chi connectivity index (χ3v) is 6.74. The van der Waals surface area contributed by atoms with Crippen LogP contribution in [0.3, 0.4) is 0 Å².